The normalized spacial score (nSPS) is 13.4. The van der Waals surface area contributed by atoms with E-state index in [0.29, 0.717) is 23.9 Å². The first kappa shape index (κ1) is 22.3. The van der Waals surface area contributed by atoms with Crippen LogP contribution >= 0.6 is 0 Å². The van der Waals surface area contributed by atoms with Crippen LogP contribution in [0.3, 0.4) is 0 Å². The van der Waals surface area contributed by atoms with Crippen LogP contribution in [-0.4, -0.2) is 48.9 Å². The van der Waals surface area contributed by atoms with Crippen molar-refractivity contribution in [1.82, 2.24) is 24.6 Å². The van der Waals surface area contributed by atoms with Gasteiger partial charge in [-0.2, -0.15) is 9.78 Å². The van der Waals surface area contributed by atoms with Crippen molar-refractivity contribution in [2.75, 3.05) is 11.9 Å². The number of amides is 3. The Kier molecular flexibility index (Phi) is 5.80. The smallest absolute Gasteiger partial charge is 0.261 e. The average Bonchev–Trinajstić information content (AvgIpc) is 3.32. The molecule has 2 aromatic heterocycles. The number of hydrogen-bond donors (Lipinski definition) is 1. The summed E-state index contributed by atoms with van der Waals surface area (Å²) < 4.78 is 1.48. The SMILES string of the molecule is CCCCN1C(=O)c2ccc(C(=O)Nc3cc(C(C)(C)C)nn3-c3ncccn3)cc2C1=O. The molecule has 3 aromatic rings. The molecule has 0 unspecified atom stereocenters. The fourth-order valence-electron chi connectivity index (χ4n) is 3.53. The number of nitrogens with zero attached hydrogens (tertiary/aromatic N) is 5. The number of fused-ring (bicyclic) bond motifs is 1. The molecule has 0 saturated carbocycles. The molecule has 4 rings (SSSR count). The molecule has 33 heavy (non-hydrogen) atoms. The van der Waals surface area contributed by atoms with Gasteiger partial charge in [-0.1, -0.05) is 34.1 Å². The summed E-state index contributed by atoms with van der Waals surface area (Å²) in [6.07, 6.45) is 4.80. The van der Waals surface area contributed by atoms with E-state index in [1.807, 2.05) is 27.7 Å². The van der Waals surface area contributed by atoms with Crippen LogP contribution < -0.4 is 5.32 Å². The van der Waals surface area contributed by atoms with Gasteiger partial charge in [0, 0.05) is 36.0 Å². The summed E-state index contributed by atoms with van der Waals surface area (Å²) >= 11 is 0. The monoisotopic (exact) mass is 446 g/mol. The van der Waals surface area contributed by atoms with Gasteiger partial charge in [0.15, 0.2) is 0 Å². The van der Waals surface area contributed by atoms with E-state index in [1.165, 1.54) is 21.7 Å². The van der Waals surface area contributed by atoms with E-state index in [4.69, 9.17) is 0 Å². The van der Waals surface area contributed by atoms with Gasteiger partial charge in [0.25, 0.3) is 23.7 Å². The van der Waals surface area contributed by atoms with Gasteiger partial charge in [0.1, 0.15) is 5.82 Å². The Balaban J connectivity index is 1.64. The van der Waals surface area contributed by atoms with Crippen molar-refractivity contribution in [2.45, 2.75) is 46.0 Å². The number of nitrogens with one attached hydrogen (secondary N) is 1. The Morgan fingerprint density at radius 3 is 2.39 bits per heavy atom. The summed E-state index contributed by atoms with van der Waals surface area (Å²) in [6, 6.07) is 8.04. The van der Waals surface area contributed by atoms with E-state index in [1.54, 1.807) is 30.6 Å². The second-order valence-corrected chi connectivity index (χ2v) is 8.96. The fourth-order valence-corrected chi connectivity index (χ4v) is 3.53. The minimum Gasteiger partial charge on any atom is -0.306 e. The Bertz CT molecular complexity index is 1230. The molecule has 1 aromatic carbocycles. The second-order valence-electron chi connectivity index (χ2n) is 8.96. The third-order valence-corrected chi connectivity index (χ3v) is 5.43. The molecule has 9 nitrogen and oxygen atoms in total. The maximum Gasteiger partial charge on any atom is 0.261 e. The highest BCUT2D eigenvalue weighted by Gasteiger charge is 2.35. The molecule has 9 heteroatoms. The van der Waals surface area contributed by atoms with Crippen LogP contribution in [0.5, 0.6) is 0 Å². The lowest BCUT2D eigenvalue weighted by Gasteiger charge is -2.13. The molecule has 0 aliphatic carbocycles. The number of rotatable bonds is 6. The number of benzene rings is 1. The summed E-state index contributed by atoms with van der Waals surface area (Å²) in [5.74, 6) is -0.379. The summed E-state index contributed by atoms with van der Waals surface area (Å²) in [7, 11) is 0. The zero-order valence-electron chi connectivity index (χ0n) is 19.1. The molecule has 3 amide bonds. The number of anilines is 1. The van der Waals surface area contributed by atoms with Gasteiger partial charge >= 0.3 is 0 Å². The zero-order chi connectivity index (χ0) is 23.8. The van der Waals surface area contributed by atoms with Crippen LogP contribution in [0.25, 0.3) is 5.95 Å². The molecule has 0 fully saturated rings. The molecule has 0 bridgehead atoms. The highest BCUT2D eigenvalue weighted by molar-refractivity contribution is 6.22. The summed E-state index contributed by atoms with van der Waals surface area (Å²) in [5, 5.41) is 7.44. The van der Waals surface area contributed by atoms with Gasteiger partial charge in [-0.05, 0) is 30.7 Å². The first-order valence-electron chi connectivity index (χ1n) is 10.9. The molecule has 0 saturated heterocycles. The highest BCUT2D eigenvalue weighted by atomic mass is 16.2. The van der Waals surface area contributed by atoms with Crippen molar-refractivity contribution in [3.05, 3.63) is 65.1 Å². The lowest BCUT2D eigenvalue weighted by atomic mass is 9.92. The number of imide groups is 1. The fraction of sp³-hybridized carbons (Fsp3) is 0.333. The second kappa shape index (κ2) is 8.57. The van der Waals surface area contributed by atoms with E-state index >= 15 is 0 Å². The van der Waals surface area contributed by atoms with Gasteiger partial charge < -0.3 is 5.32 Å². The Hall–Kier alpha value is -3.88. The van der Waals surface area contributed by atoms with E-state index in [-0.39, 0.29) is 28.4 Å². The van der Waals surface area contributed by atoms with Crippen LogP contribution in [-0.2, 0) is 5.41 Å². The molecule has 0 radical (unpaired) electrons. The van der Waals surface area contributed by atoms with Crippen molar-refractivity contribution in [3.8, 4) is 5.95 Å². The number of carbonyl (C=O) groups excluding carboxylic acids is 3. The molecular weight excluding hydrogens is 420 g/mol. The minimum atomic E-state index is -0.428. The third kappa shape index (κ3) is 4.26. The maximum atomic E-state index is 13.1. The van der Waals surface area contributed by atoms with Crippen LogP contribution in [0.2, 0.25) is 0 Å². The zero-order valence-corrected chi connectivity index (χ0v) is 19.1. The molecule has 1 aliphatic rings. The van der Waals surface area contributed by atoms with Crippen molar-refractivity contribution in [1.29, 1.82) is 0 Å². The Morgan fingerprint density at radius 1 is 1.03 bits per heavy atom. The predicted octanol–water partition coefficient (Wildman–Crippen LogP) is 3.61. The van der Waals surface area contributed by atoms with Gasteiger partial charge in [0.05, 0.1) is 16.8 Å². The number of unbranched alkanes of at least 4 members (excludes halogenated alkanes) is 1. The molecule has 0 spiro atoms. The van der Waals surface area contributed by atoms with Crippen molar-refractivity contribution in [2.24, 2.45) is 0 Å². The third-order valence-electron chi connectivity index (χ3n) is 5.43. The molecule has 0 atom stereocenters. The summed E-state index contributed by atoms with van der Waals surface area (Å²) in [5.41, 5.74) is 1.34. The van der Waals surface area contributed by atoms with Crippen LogP contribution in [0.15, 0.2) is 42.7 Å². The van der Waals surface area contributed by atoms with E-state index < -0.39 is 5.91 Å². The van der Waals surface area contributed by atoms with Crippen LogP contribution in [0.4, 0.5) is 5.82 Å². The lowest BCUT2D eigenvalue weighted by Crippen LogP contribution is -2.30. The van der Waals surface area contributed by atoms with Gasteiger partial charge in [-0.15, -0.1) is 0 Å². The topological polar surface area (TPSA) is 110 Å². The van der Waals surface area contributed by atoms with Gasteiger partial charge in [-0.25, -0.2) is 9.97 Å². The molecular formula is C24H26N6O3. The lowest BCUT2D eigenvalue weighted by molar-refractivity contribution is 0.0652. The van der Waals surface area contributed by atoms with E-state index in [0.717, 1.165) is 18.5 Å². The van der Waals surface area contributed by atoms with Crippen molar-refractivity contribution < 1.29 is 14.4 Å². The quantitative estimate of drug-likeness (QED) is 0.579. The summed E-state index contributed by atoms with van der Waals surface area (Å²) in [4.78, 5) is 48.1. The highest BCUT2D eigenvalue weighted by Crippen LogP contribution is 2.27. The number of carbonyl (C=O) groups is 3. The molecule has 1 N–H and O–H groups in total. The van der Waals surface area contributed by atoms with Crippen LogP contribution in [0.1, 0.15) is 77.3 Å². The molecule has 3 heterocycles. The first-order valence-corrected chi connectivity index (χ1v) is 10.9. The standard InChI is InChI=1S/C24H26N6O3/c1-5-6-12-29-21(32)16-9-8-15(13-17(16)22(29)33)20(31)27-19-14-18(24(2,3)4)28-30(19)23-25-10-7-11-26-23/h7-11,13-14H,5-6,12H2,1-4H3,(H,27,31). The summed E-state index contributed by atoms with van der Waals surface area (Å²) in [6.45, 7) is 8.42. The van der Waals surface area contributed by atoms with E-state index in [9.17, 15) is 14.4 Å². The molecule has 1 aliphatic heterocycles. The maximum absolute atomic E-state index is 13.1. The number of aromatic nitrogens is 4. The minimum absolute atomic E-state index is 0.249. The average molecular weight is 447 g/mol. The largest absolute Gasteiger partial charge is 0.306 e. The van der Waals surface area contributed by atoms with Gasteiger partial charge in [0.2, 0.25) is 0 Å². The van der Waals surface area contributed by atoms with Crippen molar-refractivity contribution in [3.63, 3.8) is 0 Å². The van der Waals surface area contributed by atoms with Crippen LogP contribution in [0, 0.1) is 0 Å². The first-order chi connectivity index (χ1) is 15.7. The Labute approximate surface area is 191 Å². The Morgan fingerprint density at radius 2 is 1.73 bits per heavy atom. The molecule has 170 valence electrons. The van der Waals surface area contributed by atoms with E-state index in [2.05, 4.69) is 20.4 Å². The predicted molar refractivity (Wildman–Crippen MR) is 123 cm³/mol. The van der Waals surface area contributed by atoms with Crippen molar-refractivity contribution >= 4 is 23.5 Å². The number of hydrogen-bond acceptors (Lipinski definition) is 6. The van der Waals surface area contributed by atoms with Gasteiger partial charge in [-0.3, -0.25) is 19.3 Å².